The molecule has 0 bridgehead atoms. The van der Waals surface area contributed by atoms with Crippen molar-refractivity contribution in [2.45, 2.75) is 46.3 Å². The zero-order valence-electron chi connectivity index (χ0n) is 14.2. The lowest BCUT2D eigenvalue weighted by Crippen LogP contribution is -2.46. The number of nitrogens with zero attached hydrogens (tertiary/aromatic N) is 2. The zero-order chi connectivity index (χ0) is 15.0. The molecule has 4 nitrogen and oxygen atoms in total. The Labute approximate surface area is 127 Å². The van der Waals surface area contributed by atoms with E-state index in [1.54, 1.807) is 0 Å². The second kappa shape index (κ2) is 9.72. The van der Waals surface area contributed by atoms with Crippen LogP contribution < -0.4 is 5.32 Å². The van der Waals surface area contributed by atoms with E-state index in [1.165, 1.54) is 13.1 Å². The molecule has 0 unspecified atom stereocenters. The molecule has 122 valence electrons. The quantitative estimate of drug-likeness (QED) is 0.701. The van der Waals surface area contributed by atoms with Crippen LogP contribution in [0.15, 0.2) is 0 Å². The fraction of sp³-hybridized carbons (Fsp3) is 1.00. The van der Waals surface area contributed by atoms with Gasteiger partial charge in [-0.15, -0.1) is 0 Å². The predicted molar refractivity (Wildman–Crippen MR) is 88.4 cm³/mol. The molecule has 0 aromatic heterocycles. The monoisotopic (exact) mass is 287 g/mol. The zero-order valence-corrected chi connectivity index (χ0v) is 14.2. The van der Waals surface area contributed by atoms with E-state index in [0.717, 1.165) is 45.1 Å². The Morgan fingerprint density at radius 1 is 1.35 bits per heavy atom. The highest BCUT2D eigenvalue weighted by molar-refractivity contribution is 4.73. The number of morpholine rings is 1. The molecule has 1 aliphatic heterocycles. The van der Waals surface area contributed by atoms with Gasteiger partial charge in [-0.25, -0.2) is 0 Å². The van der Waals surface area contributed by atoms with Crippen molar-refractivity contribution in [3.63, 3.8) is 0 Å². The molecule has 0 aromatic carbocycles. The third-order valence-electron chi connectivity index (χ3n) is 3.72. The van der Waals surface area contributed by atoms with Gasteiger partial charge in [0.2, 0.25) is 0 Å². The Bertz CT molecular complexity index is 252. The van der Waals surface area contributed by atoms with Crippen LogP contribution in [0.3, 0.4) is 0 Å². The molecule has 1 saturated heterocycles. The summed E-state index contributed by atoms with van der Waals surface area (Å²) in [6.07, 6.45) is 1.53. The Morgan fingerprint density at radius 3 is 2.75 bits per heavy atom. The molecule has 1 heterocycles. The molecule has 0 saturated carbocycles. The number of hydrogen-bond acceptors (Lipinski definition) is 4. The van der Waals surface area contributed by atoms with Crippen molar-refractivity contribution in [1.29, 1.82) is 0 Å². The summed E-state index contributed by atoms with van der Waals surface area (Å²) in [5, 5.41) is 3.47. The first-order chi connectivity index (χ1) is 9.47. The Morgan fingerprint density at radius 2 is 2.10 bits per heavy atom. The maximum Gasteiger partial charge on any atom is 0.0714 e. The largest absolute Gasteiger partial charge is 0.376 e. The average molecular weight is 287 g/mol. The van der Waals surface area contributed by atoms with Gasteiger partial charge in [0.05, 0.1) is 12.7 Å². The molecular weight excluding hydrogens is 250 g/mol. The van der Waals surface area contributed by atoms with Gasteiger partial charge in [0.1, 0.15) is 0 Å². The van der Waals surface area contributed by atoms with Crippen LogP contribution in [0.2, 0.25) is 0 Å². The molecule has 20 heavy (non-hydrogen) atoms. The molecule has 1 N–H and O–H groups in total. The fourth-order valence-electron chi connectivity index (χ4n) is 2.72. The molecule has 1 atom stereocenters. The van der Waals surface area contributed by atoms with Crippen molar-refractivity contribution in [2.24, 2.45) is 5.92 Å². The standard InChI is InChI=1S/C16H35N3O.H2/c1-14(2)12-18(5)8-9-19-10-11-20-16(13-19)6-7-17-15(3)4;/h14-17H,6-13H2,1-5H3;1H/t16-;/m1./s1. The lowest BCUT2D eigenvalue weighted by Gasteiger charge is -2.34. The molecule has 1 aliphatic rings. The van der Waals surface area contributed by atoms with Crippen LogP contribution in [0.5, 0.6) is 0 Å². The first kappa shape index (κ1) is 17.9. The van der Waals surface area contributed by atoms with Crippen LogP contribution in [-0.2, 0) is 4.74 Å². The van der Waals surface area contributed by atoms with E-state index in [2.05, 4.69) is 49.9 Å². The molecule has 4 heteroatoms. The van der Waals surface area contributed by atoms with E-state index in [1.807, 2.05) is 0 Å². The fourth-order valence-corrected chi connectivity index (χ4v) is 2.72. The highest BCUT2D eigenvalue weighted by atomic mass is 16.5. The Kier molecular flexibility index (Phi) is 8.69. The van der Waals surface area contributed by atoms with Crippen molar-refractivity contribution in [3.05, 3.63) is 0 Å². The minimum atomic E-state index is 0. The summed E-state index contributed by atoms with van der Waals surface area (Å²) in [5.74, 6) is 0.750. The van der Waals surface area contributed by atoms with E-state index < -0.39 is 0 Å². The predicted octanol–water partition coefficient (Wildman–Crippen LogP) is 1.91. The van der Waals surface area contributed by atoms with Crippen molar-refractivity contribution in [2.75, 3.05) is 52.9 Å². The summed E-state index contributed by atoms with van der Waals surface area (Å²) >= 11 is 0. The molecule has 0 aliphatic carbocycles. The van der Waals surface area contributed by atoms with Crippen LogP contribution >= 0.6 is 0 Å². The molecule has 1 rings (SSSR count). The van der Waals surface area contributed by atoms with Crippen LogP contribution in [-0.4, -0.2) is 74.9 Å². The summed E-state index contributed by atoms with van der Waals surface area (Å²) in [4.78, 5) is 5.00. The third-order valence-corrected chi connectivity index (χ3v) is 3.72. The maximum atomic E-state index is 5.87. The summed E-state index contributed by atoms with van der Waals surface area (Å²) in [5.41, 5.74) is 0. The van der Waals surface area contributed by atoms with Gasteiger partial charge in [0.25, 0.3) is 0 Å². The number of nitrogens with one attached hydrogen (secondary N) is 1. The summed E-state index contributed by atoms with van der Waals surface area (Å²) < 4.78 is 5.87. The normalized spacial score (nSPS) is 21.3. The van der Waals surface area contributed by atoms with Gasteiger partial charge >= 0.3 is 0 Å². The van der Waals surface area contributed by atoms with Crippen molar-refractivity contribution in [3.8, 4) is 0 Å². The lowest BCUT2D eigenvalue weighted by molar-refractivity contribution is -0.0334. The van der Waals surface area contributed by atoms with Gasteiger partial charge in [0, 0.05) is 40.2 Å². The summed E-state index contributed by atoms with van der Waals surface area (Å²) in [6, 6.07) is 0.569. The number of hydrogen-bond donors (Lipinski definition) is 1. The van der Waals surface area contributed by atoms with Crippen LogP contribution in [0.4, 0.5) is 0 Å². The van der Waals surface area contributed by atoms with Crippen molar-refractivity contribution < 1.29 is 6.16 Å². The average Bonchev–Trinajstić information content (AvgIpc) is 2.36. The van der Waals surface area contributed by atoms with Gasteiger partial charge in [-0.05, 0) is 25.9 Å². The van der Waals surface area contributed by atoms with Crippen LogP contribution in [0.25, 0.3) is 0 Å². The number of likely N-dealkylation sites (N-methyl/N-ethyl adjacent to an activating group) is 1. The smallest absolute Gasteiger partial charge is 0.0714 e. The molecule has 0 aromatic rings. The summed E-state index contributed by atoms with van der Waals surface area (Å²) in [7, 11) is 2.23. The van der Waals surface area contributed by atoms with Crippen LogP contribution in [0.1, 0.15) is 35.5 Å². The summed E-state index contributed by atoms with van der Waals surface area (Å²) in [6.45, 7) is 16.6. The second-order valence-electron chi connectivity index (χ2n) is 6.85. The van der Waals surface area contributed by atoms with Crippen LogP contribution in [0, 0.1) is 5.92 Å². The second-order valence-corrected chi connectivity index (χ2v) is 6.85. The van der Waals surface area contributed by atoms with Gasteiger partial charge in [-0.1, -0.05) is 27.7 Å². The van der Waals surface area contributed by atoms with Gasteiger partial charge in [-0.3, -0.25) is 4.90 Å². The van der Waals surface area contributed by atoms with E-state index in [9.17, 15) is 0 Å². The lowest BCUT2D eigenvalue weighted by atomic mass is 10.2. The van der Waals surface area contributed by atoms with E-state index >= 15 is 0 Å². The van der Waals surface area contributed by atoms with Crippen molar-refractivity contribution in [1.82, 2.24) is 15.1 Å². The highest BCUT2D eigenvalue weighted by Crippen LogP contribution is 2.08. The van der Waals surface area contributed by atoms with E-state index in [4.69, 9.17) is 4.74 Å². The molecule has 0 spiro atoms. The van der Waals surface area contributed by atoms with E-state index in [0.29, 0.717) is 12.1 Å². The Balaban J connectivity index is 0.00000400. The molecular formula is C16H37N3O. The van der Waals surface area contributed by atoms with Crippen molar-refractivity contribution >= 4 is 0 Å². The van der Waals surface area contributed by atoms with Gasteiger partial charge < -0.3 is 15.0 Å². The molecule has 0 amide bonds. The first-order valence-electron chi connectivity index (χ1n) is 8.23. The third kappa shape index (κ3) is 8.20. The minimum Gasteiger partial charge on any atom is -0.376 e. The first-order valence-corrected chi connectivity index (χ1v) is 8.23. The Hall–Kier alpha value is -0.160. The topological polar surface area (TPSA) is 27.7 Å². The minimum absolute atomic E-state index is 0. The molecule has 0 radical (unpaired) electrons. The number of rotatable bonds is 9. The highest BCUT2D eigenvalue weighted by Gasteiger charge is 2.20. The van der Waals surface area contributed by atoms with E-state index in [-0.39, 0.29) is 1.43 Å². The van der Waals surface area contributed by atoms with Gasteiger partial charge in [-0.2, -0.15) is 0 Å². The molecule has 1 fully saturated rings. The SMILES string of the molecule is CC(C)CN(C)CCN1CCO[C@H](CCNC(C)C)C1.[HH]. The van der Waals surface area contributed by atoms with Gasteiger partial charge in [0.15, 0.2) is 0 Å². The maximum absolute atomic E-state index is 5.87. The number of ether oxygens (including phenoxy) is 1.